The van der Waals surface area contributed by atoms with Gasteiger partial charge in [0.15, 0.2) is 0 Å². The lowest BCUT2D eigenvalue weighted by Gasteiger charge is -2.32. The molecule has 0 aliphatic carbocycles. The lowest BCUT2D eigenvalue weighted by molar-refractivity contribution is 0.0207. The van der Waals surface area contributed by atoms with Crippen molar-refractivity contribution in [3.05, 3.63) is 0 Å². The van der Waals surface area contributed by atoms with Crippen molar-refractivity contribution in [1.82, 2.24) is 4.90 Å². The first-order valence-corrected chi connectivity index (χ1v) is 6.15. The standard InChI is InChI=1S/C12H22N4O2/c1-12(2,3)18-11(17)16-6-4-10(5-7-16)15-9-14-8-13/h8-10H,4-7H2,1-3H3,(H2,13,14,15). The minimum atomic E-state index is -0.443. The van der Waals surface area contributed by atoms with E-state index in [1.807, 2.05) is 20.8 Å². The van der Waals surface area contributed by atoms with Crippen molar-refractivity contribution in [1.29, 1.82) is 0 Å². The SMILES string of the molecule is CC(C)(C)OC(=O)N1CCC(N=CN=CN)CC1. The van der Waals surface area contributed by atoms with Crippen LogP contribution in [0.4, 0.5) is 4.79 Å². The molecule has 0 aromatic rings. The Bertz CT molecular complexity index is 325. The molecular formula is C12H22N4O2. The monoisotopic (exact) mass is 254 g/mol. The average Bonchev–Trinajstić information content (AvgIpc) is 2.28. The van der Waals surface area contributed by atoms with Crippen LogP contribution in [-0.4, -0.2) is 48.4 Å². The minimum absolute atomic E-state index is 0.215. The van der Waals surface area contributed by atoms with Crippen LogP contribution in [0, 0.1) is 0 Å². The number of rotatable bonds is 2. The molecule has 0 unspecified atom stereocenters. The van der Waals surface area contributed by atoms with E-state index in [4.69, 9.17) is 10.5 Å². The highest BCUT2D eigenvalue weighted by molar-refractivity contribution is 5.70. The van der Waals surface area contributed by atoms with E-state index >= 15 is 0 Å². The summed E-state index contributed by atoms with van der Waals surface area (Å²) < 4.78 is 5.32. The van der Waals surface area contributed by atoms with Crippen LogP contribution >= 0.6 is 0 Å². The molecule has 1 fully saturated rings. The van der Waals surface area contributed by atoms with Crippen molar-refractivity contribution < 1.29 is 9.53 Å². The Morgan fingerprint density at radius 1 is 1.39 bits per heavy atom. The van der Waals surface area contributed by atoms with E-state index in [-0.39, 0.29) is 12.1 Å². The van der Waals surface area contributed by atoms with Gasteiger partial charge in [0.05, 0.1) is 12.4 Å². The zero-order valence-electron chi connectivity index (χ0n) is 11.3. The number of ether oxygens (including phenoxy) is 1. The molecule has 0 bridgehead atoms. The molecule has 6 heteroatoms. The van der Waals surface area contributed by atoms with Crippen LogP contribution in [-0.2, 0) is 4.74 Å². The lowest BCUT2D eigenvalue weighted by Crippen LogP contribution is -2.42. The highest BCUT2D eigenvalue weighted by Gasteiger charge is 2.26. The molecular weight excluding hydrogens is 232 g/mol. The van der Waals surface area contributed by atoms with Gasteiger partial charge in [-0.1, -0.05) is 0 Å². The van der Waals surface area contributed by atoms with E-state index in [9.17, 15) is 4.79 Å². The molecule has 1 rings (SSSR count). The lowest BCUT2D eigenvalue weighted by atomic mass is 10.1. The maximum Gasteiger partial charge on any atom is 0.410 e. The Balaban J connectivity index is 2.37. The first-order chi connectivity index (χ1) is 8.42. The van der Waals surface area contributed by atoms with Gasteiger partial charge >= 0.3 is 6.09 Å². The summed E-state index contributed by atoms with van der Waals surface area (Å²) in [7, 11) is 0. The van der Waals surface area contributed by atoms with Crippen molar-refractivity contribution >= 4 is 18.8 Å². The number of nitrogens with two attached hydrogens (primary N) is 1. The summed E-state index contributed by atoms with van der Waals surface area (Å²) in [4.78, 5) is 21.5. The first-order valence-electron chi connectivity index (χ1n) is 6.15. The Morgan fingerprint density at radius 2 is 2.00 bits per heavy atom. The largest absolute Gasteiger partial charge is 0.444 e. The van der Waals surface area contributed by atoms with Crippen LogP contribution in [0.1, 0.15) is 33.6 Å². The summed E-state index contributed by atoms with van der Waals surface area (Å²) in [5.41, 5.74) is 4.67. The maximum absolute atomic E-state index is 11.8. The van der Waals surface area contributed by atoms with Crippen LogP contribution in [0.3, 0.4) is 0 Å². The number of piperidine rings is 1. The second kappa shape index (κ2) is 6.37. The van der Waals surface area contributed by atoms with E-state index < -0.39 is 5.60 Å². The van der Waals surface area contributed by atoms with Crippen molar-refractivity contribution in [2.45, 2.75) is 45.3 Å². The van der Waals surface area contributed by atoms with Gasteiger partial charge in [-0.3, -0.25) is 4.99 Å². The number of carbonyl (C=O) groups excluding carboxylic acids is 1. The highest BCUT2D eigenvalue weighted by Crippen LogP contribution is 2.16. The van der Waals surface area contributed by atoms with E-state index in [0.717, 1.165) is 12.8 Å². The Morgan fingerprint density at radius 3 is 2.50 bits per heavy atom. The van der Waals surface area contributed by atoms with Gasteiger partial charge in [0.2, 0.25) is 0 Å². The summed E-state index contributed by atoms with van der Waals surface area (Å²) in [6.45, 7) is 6.94. The second-order valence-electron chi connectivity index (χ2n) is 5.26. The fourth-order valence-electron chi connectivity index (χ4n) is 1.70. The Kier molecular flexibility index (Phi) is 5.12. The molecule has 1 heterocycles. The zero-order valence-corrected chi connectivity index (χ0v) is 11.3. The van der Waals surface area contributed by atoms with Gasteiger partial charge in [0.1, 0.15) is 11.9 Å². The normalized spacial score (nSPS) is 18.7. The van der Waals surface area contributed by atoms with Gasteiger partial charge in [-0.05, 0) is 33.6 Å². The topological polar surface area (TPSA) is 80.3 Å². The third-order valence-electron chi connectivity index (χ3n) is 2.55. The summed E-state index contributed by atoms with van der Waals surface area (Å²) >= 11 is 0. The van der Waals surface area contributed by atoms with Gasteiger partial charge in [0, 0.05) is 13.1 Å². The van der Waals surface area contributed by atoms with E-state index in [1.54, 1.807) is 4.90 Å². The van der Waals surface area contributed by atoms with Crippen molar-refractivity contribution in [2.24, 2.45) is 15.7 Å². The molecule has 0 aromatic heterocycles. The average molecular weight is 254 g/mol. The number of hydrogen-bond donors (Lipinski definition) is 1. The zero-order chi connectivity index (χ0) is 13.6. The third kappa shape index (κ3) is 5.16. The minimum Gasteiger partial charge on any atom is -0.444 e. The summed E-state index contributed by atoms with van der Waals surface area (Å²) in [5, 5.41) is 0. The fourth-order valence-corrected chi connectivity index (χ4v) is 1.70. The molecule has 102 valence electrons. The smallest absolute Gasteiger partial charge is 0.410 e. The molecule has 1 amide bonds. The van der Waals surface area contributed by atoms with Gasteiger partial charge in [-0.15, -0.1) is 0 Å². The maximum atomic E-state index is 11.8. The van der Waals surface area contributed by atoms with Gasteiger partial charge in [-0.25, -0.2) is 9.79 Å². The second-order valence-corrected chi connectivity index (χ2v) is 5.26. The van der Waals surface area contributed by atoms with Crippen molar-refractivity contribution in [3.63, 3.8) is 0 Å². The van der Waals surface area contributed by atoms with Crippen LogP contribution in [0.5, 0.6) is 0 Å². The summed E-state index contributed by atoms with van der Waals surface area (Å²) in [6.07, 6.45) is 4.09. The van der Waals surface area contributed by atoms with Gasteiger partial charge in [-0.2, -0.15) is 0 Å². The Hall–Kier alpha value is -1.59. The molecule has 0 saturated carbocycles. The van der Waals surface area contributed by atoms with Gasteiger partial charge in [0.25, 0.3) is 0 Å². The Labute approximate surface area is 108 Å². The molecule has 0 radical (unpaired) electrons. The number of hydrogen-bond acceptors (Lipinski definition) is 3. The fraction of sp³-hybridized carbons (Fsp3) is 0.750. The summed E-state index contributed by atoms with van der Waals surface area (Å²) in [6, 6.07) is 0.215. The van der Waals surface area contributed by atoms with E-state index in [1.165, 1.54) is 12.7 Å². The van der Waals surface area contributed by atoms with Crippen LogP contribution in [0.2, 0.25) is 0 Å². The molecule has 0 atom stereocenters. The highest BCUT2D eigenvalue weighted by atomic mass is 16.6. The first kappa shape index (κ1) is 14.5. The number of likely N-dealkylation sites (tertiary alicyclic amines) is 1. The number of carbonyl (C=O) groups is 1. The van der Waals surface area contributed by atoms with E-state index in [2.05, 4.69) is 9.98 Å². The van der Waals surface area contributed by atoms with Crippen molar-refractivity contribution in [3.8, 4) is 0 Å². The number of amides is 1. The molecule has 1 aliphatic heterocycles. The number of nitrogens with zero attached hydrogens (tertiary/aromatic N) is 3. The molecule has 1 saturated heterocycles. The summed E-state index contributed by atoms with van der Waals surface area (Å²) in [5.74, 6) is 0. The number of aliphatic imine (C=N–C) groups is 2. The molecule has 0 spiro atoms. The molecule has 18 heavy (non-hydrogen) atoms. The quantitative estimate of drug-likeness (QED) is 0.597. The molecule has 1 aliphatic rings. The van der Waals surface area contributed by atoms with E-state index in [0.29, 0.717) is 13.1 Å². The van der Waals surface area contributed by atoms with Crippen molar-refractivity contribution in [2.75, 3.05) is 13.1 Å². The van der Waals surface area contributed by atoms with Crippen LogP contribution in [0.25, 0.3) is 0 Å². The third-order valence-corrected chi connectivity index (χ3v) is 2.55. The van der Waals surface area contributed by atoms with Gasteiger partial charge < -0.3 is 15.4 Å². The van der Waals surface area contributed by atoms with Crippen LogP contribution in [0.15, 0.2) is 9.98 Å². The predicted octanol–water partition coefficient (Wildman–Crippen LogP) is 1.40. The van der Waals surface area contributed by atoms with Crippen LogP contribution < -0.4 is 5.73 Å². The molecule has 0 aromatic carbocycles. The predicted molar refractivity (Wildman–Crippen MR) is 72.0 cm³/mol. The molecule has 6 nitrogen and oxygen atoms in total. The molecule has 2 N–H and O–H groups in total.